The first-order valence-electron chi connectivity index (χ1n) is 8.73. The van der Waals surface area contributed by atoms with Crippen molar-refractivity contribution in [2.75, 3.05) is 7.11 Å². The molecule has 0 N–H and O–H groups in total. The lowest BCUT2D eigenvalue weighted by Gasteiger charge is -2.31. The van der Waals surface area contributed by atoms with Gasteiger partial charge in [0.2, 0.25) is 0 Å². The number of benzene rings is 1. The molecule has 0 saturated heterocycles. The van der Waals surface area contributed by atoms with Gasteiger partial charge in [0.1, 0.15) is 5.82 Å². The van der Waals surface area contributed by atoms with Gasteiger partial charge in [0.15, 0.2) is 11.6 Å². The molecule has 0 fully saturated rings. The molecule has 0 aliphatic heterocycles. The first-order chi connectivity index (χ1) is 11.7. The molecule has 3 nitrogen and oxygen atoms in total. The van der Waals surface area contributed by atoms with Crippen molar-refractivity contribution in [2.45, 2.75) is 71.6 Å². The monoisotopic (exact) mass is 378 g/mol. The van der Waals surface area contributed by atoms with Crippen molar-refractivity contribution in [1.29, 1.82) is 0 Å². The molecule has 0 heterocycles. The number of halogens is 3. The lowest BCUT2D eigenvalue weighted by atomic mass is 10.1. The van der Waals surface area contributed by atoms with Crippen molar-refractivity contribution in [3.05, 3.63) is 35.1 Å². The lowest BCUT2D eigenvalue weighted by molar-refractivity contribution is 0.0323. The summed E-state index contributed by atoms with van der Waals surface area (Å²) in [6, 6.07) is 2.20. The zero-order chi connectivity index (χ0) is 19.0. The average Bonchev–Trinajstić information content (AvgIpc) is 2.50. The molecule has 0 unspecified atom stereocenters. The summed E-state index contributed by atoms with van der Waals surface area (Å²) >= 11 is 0. The Bertz CT molecular complexity index is 529. The Balaban J connectivity index is 2.52. The van der Waals surface area contributed by atoms with Crippen molar-refractivity contribution in [2.24, 2.45) is 0 Å². The van der Waals surface area contributed by atoms with Crippen LogP contribution in [-0.4, -0.2) is 28.1 Å². The van der Waals surface area contributed by atoms with Crippen LogP contribution in [0.15, 0.2) is 12.1 Å². The van der Waals surface area contributed by atoms with Crippen LogP contribution in [0.5, 0.6) is 0 Å². The van der Waals surface area contributed by atoms with Gasteiger partial charge < -0.3 is 13.3 Å². The van der Waals surface area contributed by atoms with Gasteiger partial charge in [0, 0.05) is 31.4 Å². The molecule has 0 atom stereocenters. The number of hydrogen-bond acceptors (Lipinski definition) is 3. The minimum atomic E-state index is -2.74. The SMILES string of the molecule is CO[Si](CCCCCc1cc(F)c(F)cc1F)(OC(C)C)OC(C)C. The first-order valence-corrected chi connectivity index (χ1v) is 10.7. The van der Waals surface area contributed by atoms with Crippen molar-refractivity contribution < 1.29 is 26.4 Å². The Labute approximate surface area is 149 Å². The summed E-state index contributed by atoms with van der Waals surface area (Å²) in [4.78, 5) is 0. The molecule has 0 amide bonds. The zero-order valence-electron chi connectivity index (χ0n) is 15.7. The maximum Gasteiger partial charge on any atom is 0.501 e. The average molecular weight is 379 g/mol. The highest BCUT2D eigenvalue weighted by Gasteiger charge is 2.41. The van der Waals surface area contributed by atoms with Crippen LogP contribution in [0.25, 0.3) is 0 Å². The largest absolute Gasteiger partial charge is 0.501 e. The Morgan fingerprint density at radius 2 is 1.40 bits per heavy atom. The molecule has 0 aliphatic carbocycles. The number of aryl methyl sites for hydroxylation is 1. The van der Waals surface area contributed by atoms with E-state index in [1.54, 1.807) is 7.11 Å². The zero-order valence-corrected chi connectivity index (χ0v) is 16.7. The Morgan fingerprint density at radius 3 is 1.92 bits per heavy atom. The van der Waals surface area contributed by atoms with Gasteiger partial charge in [-0.05, 0) is 58.6 Å². The fourth-order valence-corrected chi connectivity index (χ4v) is 5.46. The Kier molecular flexibility index (Phi) is 9.13. The van der Waals surface area contributed by atoms with Gasteiger partial charge in [0.05, 0.1) is 0 Å². The van der Waals surface area contributed by atoms with Gasteiger partial charge in [-0.1, -0.05) is 6.42 Å². The third-order valence-corrected chi connectivity index (χ3v) is 6.91. The van der Waals surface area contributed by atoms with Crippen molar-refractivity contribution in [3.8, 4) is 0 Å². The third kappa shape index (κ3) is 7.48. The van der Waals surface area contributed by atoms with E-state index in [2.05, 4.69) is 0 Å². The van der Waals surface area contributed by atoms with E-state index in [-0.39, 0.29) is 17.8 Å². The van der Waals surface area contributed by atoms with E-state index in [0.29, 0.717) is 25.0 Å². The fraction of sp³-hybridized carbons (Fsp3) is 0.667. The minimum Gasteiger partial charge on any atom is -0.377 e. The topological polar surface area (TPSA) is 27.7 Å². The van der Waals surface area contributed by atoms with Crippen LogP contribution in [0.1, 0.15) is 52.5 Å². The van der Waals surface area contributed by atoms with Crippen LogP contribution >= 0.6 is 0 Å². The molecule has 1 aromatic rings. The maximum atomic E-state index is 13.6. The van der Waals surface area contributed by atoms with Crippen LogP contribution in [-0.2, 0) is 19.7 Å². The van der Waals surface area contributed by atoms with Gasteiger partial charge in [-0.15, -0.1) is 0 Å². The van der Waals surface area contributed by atoms with Crippen molar-refractivity contribution >= 4 is 8.80 Å². The third-order valence-electron chi connectivity index (χ3n) is 3.66. The van der Waals surface area contributed by atoms with E-state index in [1.807, 2.05) is 27.7 Å². The summed E-state index contributed by atoms with van der Waals surface area (Å²) in [5, 5.41) is 0. The highest BCUT2D eigenvalue weighted by atomic mass is 28.4. The molecule has 25 heavy (non-hydrogen) atoms. The molecule has 7 heteroatoms. The summed E-state index contributed by atoms with van der Waals surface area (Å²) < 4.78 is 57.3. The number of rotatable bonds is 11. The van der Waals surface area contributed by atoms with Crippen LogP contribution in [0.4, 0.5) is 13.2 Å². The fourth-order valence-electron chi connectivity index (χ4n) is 2.65. The van der Waals surface area contributed by atoms with Gasteiger partial charge in [-0.2, -0.15) is 0 Å². The molecule has 1 rings (SSSR count). The highest BCUT2D eigenvalue weighted by Crippen LogP contribution is 2.23. The molecule has 1 aromatic carbocycles. The smallest absolute Gasteiger partial charge is 0.377 e. The standard InChI is InChI=1S/C18H29F3O3Si/c1-13(2)23-25(22-5,24-14(3)4)10-8-6-7-9-15-11-17(20)18(21)12-16(15)19/h11-14H,6-10H2,1-5H3. The van der Waals surface area contributed by atoms with Gasteiger partial charge in [0.25, 0.3) is 0 Å². The maximum absolute atomic E-state index is 13.6. The van der Waals surface area contributed by atoms with E-state index in [0.717, 1.165) is 18.9 Å². The summed E-state index contributed by atoms with van der Waals surface area (Å²) in [7, 11) is -1.13. The molecular formula is C18H29F3O3Si. The normalized spacial score (nSPS) is 12.4. The molecule has 0 saturated carbocycles. The number of unbranched alkanes of at least 4 members (excludes halogenated alkanes) is 2. The van der Waals surface area contributed by atoms with Gasteiger partial charge >= 0.3 is 8.80 Å². The number of hydrogen-bond donors (Lipinski definition) is 0. The van der Waals surface area contributed by atoms with E-state index >= 15 is 0 Å². The predicted octanol–water partition coefficient (Wildman–Crippen LogP) is 5.25. The second-order valence-electron chi connectivity index (χ2n) is 6.64. The summed E-state index contributed by atoms with van der Waals surface area (Å²) in [5.41, 5.74) is 0.200. The van der Waals surface area contributed by atoms with Gasteiger partial charge in [-0.3, -0.25) is 0 Å². The van der Waals surface area contributed by atoms with Crippen LogP contribution in [0.2, 0.25) is 6.04 Å². The quantitative estimate of drug-likeness (QED) is 0.299. The molecular weight excluding hydrogens is 349 g/mol. The Hall–Kier alpha value is -0.893. The van der Waals surface area contributed by atoms with Crippen LogP contribution in [0, 0.1) is 17.5 Å². The van der Waals surface area contributed by atoms with E-state index in [9.17, 15) is 13.2 Å². The highest BCUT2D eigenvalue weighted by molar-refractivity contribution is 6.60. The van der Waals surface area contributed by atoms with Gasteiger partial charge in [-0.25, -0.2) is 13.2 Å². The summed E-state index contributed by atoms with van der Waals surface area (Å²) in [6.07, 6.45) is 2.62. The van der Waals surface area contributed by atoms with E-state index in [1.165, 1.54) is 0 Å². The molecule has 0 spiro atoms. The molecule has 0 aromatic heterocycles. The van der Waals surface area contributed by atoms with E-state index < -0.39 is 26.3 Å². The molecule has 144 valence electrons. The molecule has 0 radical (unpaired) electrons. The molecule has 0 bridgehead atoms. The van der Waals surface area contributed by atoms with E-state index in [4.69, 9.17) is 13.3 Å². The summed E-state index contributed by atoms with van der Waals surface area (Å²) in [6.45, 7) is 7.76. The Morgan fingerprint density at radius 1 is 0.840 bits per heavy atom. The molecule has 0 aliphatic rings. The van der Waals surface area contributed by atoms with Crippen molar-refractivity contribution in [3.63, 3.8) is 0 Å². The first kappa shape index (κ1) is 22.1. The lowest BCUT2D eigenvalue weighted by Crippen LogP contribution is -2.48. The van der Waals surface area contributed by atoms with Crippen molar-refractivity contribution in [1.82, 2.24) is 0 Å². The minimum absolute atomic E-state index is 0.00153. The second-order valence-corrected chi connectivity index (χ2v) is 9.38. The summed E-state index contributed by atoms with van der Waals surface area (Å²) in [5.74, 6) is -2.88. The van der Waals surface area contributed by atoms with Crippen LogP contribution < -0.4 is 0 Å². The second kappa shape index (κ2) is 10.3. The van der Waals surface area contributed by atoms with Crippen LogP contribution in [0.3, 0.4) is 0 Å². The predicted molar refractivity (Wildman–Crippen MR) is 93.9 cm³/mol.